The van der Waals surface area contributed by atoms with Crippen molar-refractivity contribution in [2.45, 2.75) is 57.0 Å². The van der Waals surface area contributed by atoms with Gasteiger partial charge in [0.1, 0.15) is 29.9 Å². The summed E-state index contributed by atoms with van der Waals surface area (Å²) in [5.74, 6) is 0.799. The van der Waals surface area contributed by atoms with Gasteiger partial charge in [-0.25, -0.2) is 4.79 Å². The van der Waals surface area contributed by atoms with Gasteiger partial charge in [0.25, 0.3) is 0 Å². The van der Waals surface area contributed by atoms with E-state index < -0.39 is 12.1 Å². The zero-order chi connectivity index (χ0) is 34.3. The number of ether oxygens (including phenoxy) is 4. The number of likely N-dealkylation sites (tertiary alicyclic amines) is 1. The van der Waals surface area contributed by atoms with Crippen LogP contribution in [0.1, 0.15) is 30.4 Å². The number of fused-ring (bicyclic) bond motifs is 1. The van der Waals surface area contributed by atoms with Gasteiger partial charge in [0.2, 0.25) is 5.91 Å². The van der Waals surface area contributed by atoms with E-state index in [-0.39, 0.29) is 43.3 Å². The Morgan fingerprint density at radius 3 is 2.45 bits per heavy atom. The molecule has 2 aliphatic rings. The highest BCUT2D eigenvalue weighted by Gasteiger charge is 2.38. The predicted octanol–water partition coefficient (Wildman–Crippen LogP) is 5.66. The fraction of sp³-hybridized carbons (Fsp3) is 0.342. The van der Waals surface area contributed by atoms with Crippen LogP contribution in [0, 0.1) is 6.92 Å². The number of hydrogen-bond acceptors (Lipinski definition) is 8. The SMILES string of the molecule is COC(=O)C1CCC(OC[C@@H]2C[C@H](Oc3ccc4ccccc4c3)CN2C(=O)Cc2ccc(NC(=O)Nc3ccccc3C)c(OC)c2)N1. The summed E-state index contributed by atoms with van der Waals surface area (Å²) in [5, 5.41) is 11.1. The van der Waals surface area contributed by atoms with Gasteiger partial charge >= 0.3 is 12.0 Å². The van der Waals surface area contributed by atoms with Crippen LogP contribution >= 0.6 is 0 Å². The number of nitrogens with zero attached hydrogens (tertiary/aromatic N) is 1. The van der Waals surface area contributed by atoms with Gasteiger partial charge in [-0.15, -0.1) is 0 Å². The lowest BCUT2D eigenvalue weighted by molar-refractivity contribution is -0.143. The molecular weight excluding hydrogens is 624 g/mol. The minimum absolute atomic E-state index is 0.0786. The first-order chi connectivity index (χ1) is 23.8. The Balaban J connectivity index is 1.13. The van der Waals surface area contributed by atoms with Gasteiger partial charge in [0.15, 0.2) is 0 Å². The zero-order valence-electron chi connectivity index (χ0n) is 27.9. The number of hydrogen-bond donors (Lipinski definition) is 3. The molecule has 4 aromatic rings. The van der Waals surface area contributed by atoms with Crippen molar-refractivity contribution < 1.29 is 33.3 Å². The molecule has 3 N–H and O–H groups in total. The normalized spacial score (nSPS) is 20.2. The van der Waals surface area contributed by atoms with E-state index in [9.17, 15) is 14.4 Å². The van der Waals surface area contributed by atoms with Crippen LogP contribution in [-0.4, -0.2) is 74.6 Å². The standard InChI is InChI=1S/C38H42N4O7/c1-24-8-4-7-11-31(24)40-38(45)41-32-15-12-25(18-34(32)46-2)19-36(43)42-22-30(49-29-14-13-26-9-5-6-10-27(26)20-29)21-28(42)23-48-35-17-16-33(39-35)37(44)47-3/h4-15,18,20,28,30,33,35,39H,16-17,19,21-23H2,1-3H3,(H2,40,41,45)/t28-,30-,33?,35?/m0/s1. The molecule has 0 radical (unpaired) electrons. The van der Waals surface area contributed by atoms with E-state index in [1.165, 1.54) is 14.2 Å². The molecule has 2 heterocycles. The molecular formula is C38H42N4O7. The largest absolute Gasteiger partial charge is 0.495 e. The Kier molecular flexibility index (Phi) is 10.6. The van der Waals surface area contributed by atoms with Gasteiger partial charge in [-0.1, -0.05) is 54.6 Å². The van der Waals surface area contributed by atoms with Crippen molar-refractivity contribution in [2.24, 2.45) is 0 Å². The van der Waals surface area contributed by atoms with E-state index in [4.69, 9.17) is 18.9 Å². The number of esters is 1. The molecule has 256 valence electrons. The van der Waals surface area contributed by atoms with Gasteiger partial charge < -0.3 is 34.5 Å². The molecule has 0 saturated carbocycles. The Morgan fingerprint density at radius 1 is 0.878 bits per heavy atom. The van der Waals surface area contributed by atoms with E-state index in [1.807, 2.05) is 78.6 Å². The Morgan fingerprint density at radius 2 is 1.65 bits per heavy atom. The molecule has 0 bridgehead atoms. The number of benzene rings is 4. The van der Waals surface area contributed by atoms with Crippen LogP contribution in [0.25, 0.3) is 10.8 Å². The van der Waals surface area contributed by atoms with Gasteiger partial charge in [-0.05, 0) is 72.0 Å². The first-order valence-electron chi connectivity index (χ1n) is 16.5. The molecule has 11 nitrogen and oxygen atoms in total. The monoisotopic (exact) mass is 666 g/mol. The molecule has 0 spiro atoms. The smallest absolute Gasteiger partial charge is 0.323 e. The Hall–Kier alpha value is -5.13. The van der Waals surface area contributed by atoms with Crippen molar-refractivity contribution in [3.05, 3.63) is 96.1 Å². The van der Waals surface area contributed by atoms with Crippen molar-refractivity contribution in [3.8, 4) is 11.5 Å². The molecule has 11 heteroatoms. The second-order valence-electron chi connectivity index (χ2n) is 12.4. The van der Waals surface area contributed by atoms with E-state index in [1.54, 1.807) is 12.1 Å². The van der Waals surface area contributed by atoms with Crippen LogP contribution in [0.2, 0.25) is 0 Å². The van der Waals surface area contributed by atoms with Gasteiger partial charge in [0, 0.05) is 12.1 Å². The topological polar surface area (TPSA) is 127 Å². The van der Waals surface area contributed by atoms with Crippen molar-refractivity contribution >= 4 is 40.1 Å². The van der Waals surface area contributed by atoms with Crippen molar-refractivity contribution in [2.75, 3.05) is 38.0 Å². The lowest BCUT2D eigenvalue weighted by Crippen LogP contribution is -2.42. The summed E-state index contributed by atoms with van der Waals surface area (Å²) in [6.45, 7) is 2.61. The minimum atomic E-state index is -0.402. The number of carbonyl (C=O) groups excluding carboxylic acids is 3. The van der Waals surface area contributed by atoms with Crippen LogP contribution in [0.5, 0.6) is 11.5 Å². The molecule has 3 amide bonds. The van der Waals surface area contributed by atoms with Gasteiger partial charge in [-0.2, -0.15) is 0 Å². The summed E-state index contributed by atoms with van der Waals surface area (Å²) < 4.78 is 23.1. The highest BCUT2D eigenvalue weighted by molar-refractivity contribution is 6.01. The highest BCUT2D eigenvalue weighted by atomic mass is 16.5. The predicted molar refractivity (Wildman–Crippen MR) is 187 cm³/mol. The van der Waals surface area contributed by atoms with Crippen LogP contribution in [0.4, 0.5) is 16.2 Å². The minimum Gasteiger partial charge on any atom is -0.495 e. The average Bonchev–Trinajstić information content (AvgIpc) is 3.76. The third-order valence-electron chi connectivity index (χ3n) is 9.06. The third-order valence-corrected chi connectivity index (χ3v) is 9.06. The maximum absolute atomic E-state index is 13.9. The summed E-state index contributed by atoms with van der Waals surface area (Å²) in [6, 6.07) is 25.9. The number of para-hydroxylation sites is 1. The molecule has 0 aliphatic carbocycles. The number of methoxy groups -OCH3 is 2. The van der Waals surface area contributed by atoms with Crippen LogP contribution in [-0.2, 0) is 25.5 Å². The van der Waals surface area contributed by atoms with Gasteiger partial charge in [0.05, 0.1) is 45.5 Å². The summed E-state index contributed by atoms with van der Waals surface area (Å²) in [7, 11) is 2.90. The van der Waals surface area contributed by atoms with E-state index >= 15 is 0 Å². The number of carbonyl (C=O) groups is 3. The van der Waals surface area contributed by atoms with Crippen LogP contribution < -0.4 is 25.4 Å². The lowest BCUT2D eigenvalue weighted by Gasteiger charge is -2.26. The van der Waals surface area contributed by atoms with E-state index in [2.05, 4.69) is 22.0 Å². The number of anilines is 2. The quantitative estimate of drug-likeness (QED) is 0.175. The molecule has 49 heavy (non-hydrogen) atoms. The first-order valence-corrected chi connectivity index (χ1v) is 16.5. The highest BCUT2D eigenvalue weighted by Crippen LogP contribution is 2.30. The molecule has 2 aliphatic heterocycles. The molecule has 4 aromatic carbocycles. The van der Waals surface area contributed by atoms with Gasteiger partial charge in [-0.3, -0.25) is 14.9 Å². The van der Waals surface area contributed by atoms with E-state index in [0.29, 0.717) is 42.9 Å². The average molecular weight is 667 g/mol. The fourth-order valence-corrected chi connectivity index (χ4v) is 6.47. The van der Waals surface area contributed by atoms with E-state index in [0.717, 1.165) is 27.6 Å². The first kappa shape index (κ1) is 33.8. The maximum atomic E-state index is 13.9. The summed E-state index contributed by atoms with van der Waals surface area (Å²) in [6.07, 6.45) is 1.46. The number of urea groups is 1. The third kappa shape index (κ3) is 8.30. The fourth-order valence-electron chi connectivity index (χ4n) is 6.47. The Labute approximate surface area is 285 Å². The van der Waals surface area contributed by atoms with Crippen molar-refractivity contribution in [1.29, 1.82) is 0 Å². The van der Waals surface area contributed by atoms with Crippen molar-refractivity contribution in [1.82, 2.24) is 10.2 Å². The van der Waals surface area contributed by atoms with Crippen molar-refractivity contribution in [3.63, 3.8) is 0 Å². The van der Waals surface area contributed by atoms with Crippen LogP contribution in [0.3, 0.4) is 0 Å². The second-order valence-corrected chi connectivity index (χ2v) is 12.4. The molecule has 4 atom stereocenters. The number of aryl methyl sites for hydroxylation is 1. The number of rotatable bonds is 11. The molecule has 0 aromatic heterocycles. The molecule has 6 rings (SSSR count). The summed E-state index contributed by atoms with van der Waals surface area (Å²) in [4.78, 5) is 40.4. The lowest BCUT2D eigenvalue weighted by atomic mass is 10.1. The molecule has 2 fully saturated rings. The zero-order valence-corrected chi connectivity index (χ0v) is 27.9. The number of nitrogens with one attached hydrogen (secondary N) is 3. The molecule has 2 unspecified atom stereocenters. The summed E-state index contributed by atoms with van der Waals surface area (Å²) >= 11 is 0. The maximum Gasteiger partial charge on any atom is 0.323 e. The second kappa shape index (κ2) is 15.4. The molecule has 2 saturated heterocycles. The summed E-state index contributed by atoms with van der Waals surface area (Å²) in [5.41, 5.74) is 2.87. The number of amides is 3. The Bertz CT molecular complexity index is 1810. The van der Waals surface area contributed by atoms with Crippen LogP contribution in [0.15, 0.2) is 84.9 Å².